The Morgan fingerprint density at radius 3 is 2.96 bits per heavy atom. The Bertz CT molecular complexity index is 517. The lowest BCUT2D eigenvalue weighted by Crippen LogP contribution is -2.43. The molecule has 2 fully saturated rings. The van der Waals surface area contributed by atoms with E-state index in [2.05, 4.69) is 34.5 Å². The molecule has 3 unspecified atom stereocenters. The summed E-state index contributed by atoms with van der Waals surface area (Å²) in [5.74, 6) is -0.0143. The number of nitrogens with zero attached hydrogens (tertiary/aromatic N) is 1. The van der Waals surface area contributed by atoms with Crippen molar-refractivity contribution in [3.63, 3.8) is 0 Å². The maximum absolute atomic E-state index is 12.3. The number of ether oxygens (including phenoxy) is 2. The largest absolute Gasteiger partial charge is 0.376 e. The van der Waals surface area contributed by atoms with Crippen molar-refractivity contribution in [3.05, 3.63) is 35.9 Å². The number of carbonyl (C=O) groups excluding carboxylic acids is 1. The van der Waals surface area contributed by atoms with Gasteiger partial charge in [0.1, 0.15) is 6.10 Å². The second-order valence-electron chi connectivity index (χ2n) is 6.83. The van der Waals surface area contributed by atoms with Gasteiger partial charge in [0.05, 0.1) is 12.7 Å². The number of carbonyl (C=O) groups is 1. The van der Waals surface area contributed by atoms with E-state index in [-0.39, 0.29) is 18.1 Å². The highest BCUT2D eigenvalue weighted by molar-refractivity contribution is 5.80. The molecular weight excluding hydrogens is 304 g/mol. The molecule has 0 aliphatic carbocycles. The van der Waals surface area contributed by atoms with Crippen molar-refractivity contribution >= 4 is 5.91 Å². The fraction of sp³-hybridized carbons (Fsp3) is 0.632. The molecular formula is C19H28N2O3. The molecule has 2 aliphatic heterocycles. The van der Waals surface area contributed by atoms with Crippen LogP contribution in [0.15, 0.2) is 30.3 Å². The maximum atomic E-state index is 12.3. The first-order valence-corrected chi connectivity index (χ1v) is 9.00. The van der Waals surface area contributed by atoms with Crippen LogP contribution in [0.25, 0.3) is 0 Å². The minimum Gasteiger partial charge on any atom is -0.376 e. The quantitative estimate of drug-likeness (QED) is 0.829. The van der Waals surface area contributed by atoms with Crippen molar-refractivity contribution in [3.8, 4) is 0 Å². The smallest absolute Gasteiger partial charge is 0.249 e. The van der Waals surface area contributed by atoms with Gasteiger partial charge in [-0.3, -0.25) is 9.69 Å². The van der Waals surface area contributed by atoms with E-state index < -0.39 is 6.10 Å². The summed E-state index contributed by atoms with van der Waals surface area (Å²) in [6.07, 6.45) is 2.86. The van der Waals surface area contributed by atoms with Gasteiger partial charge in [0.15, 0.2) is 0 Å². The fourth-order valence-electron chi connectivity index (χ4n) is 3.36. The average molecular weight is 332 g/mol. The number of hydrogen-bond acceptors (Lipinski definition) is 4. The van der Waals surface area contributed by atoms with Crippen LogP contribution in [0.5, 0.6) is 0 Å². The average Bonchev–Trinajstić information content (AvgIpc) is 3.25. The van der Waals surface area contributed by atoms with Gasteiger partial charge in [0, 0.05) is 32.3 Å². The van der Waals surface area contributed by atoms with Gasteiger partial charge in [-0.25, -0.2) is 0 Å². The van der Waals surface area contributed by atoms with Crippen LogP contribution in [0.1, 0.15) is 31.7 Å². The molecule has 24 heavy (non-hydrogen) atoms. The van der Waals surface area contributed by atoms with Crippen LogP contribution in [-0.4, -0.2) is 55.4 Å². The molecule has 3 rings (SSSR count). The van der Waals surface area contributed by atoms with Gasteiger partial charge in [-0.05, 0) is 31.7 Å². The highest BCUT2D eigenvalue weighted by Crippen LogP contribution is 2.15. The van der Waals surface area contributed by atoms with Crippen LogP contribution >= 0.6 is 0 Å². The Kier molecular flexibility index (Phi) is 6.24. The lowest BCUT2D eigenvalue weighted by atomic mass is 10.2. The Hall–Kier alpha value is -1.43. The summed E-state index contributed by atoms with van der Waals surface area (Å²) in [6, 6.07) is 10.7. The summed E-state index contributed by atoms with van der Waals surface area (Å²) < 4.78 is 11.2. The molecule has 1 aromatic rings. The summed E-state index contributed by atoms with van der Waals surface area (Å²) in [6.45, 7) is 6.01. The van der Waals surface area contributed by atoms with E-state index in [0.717, 1.165) is 45.5 Å². The van der Waals surface area contributed by atoms with Crippen molar-refractivity contribution in [2.24, 2.45) is 0 Å². The minimum absolute atomic E-state index is 0.0143. The normalized spacial score (nSPS) is 25.7. The Balaban J connectivity index is 1.37. The van der Waals surface area contributed by atoms with Crippen molar-refractivity contribution in [2.45, 2.75) is 51.0 Å². The fourth-order valence-corrected chi connectivity index (χ4v) is 3.36. The second-order valence-corrected chi connectivity index (χ2v) is 6.83. The Labute approximate surface area is 144 Å². The van der Waals surface area contributed by atoms with E-state index in [1.54, 1.807) is 0 Å². The third-order valence-electron chi connectivity index (χ3n) is 4.79. The van der Waals surface area contributed by atoms with Crippen molar-refractivity contribution in [2.75, 3.05) is 26.3 Å². The standard InChI is InChI=1S/C19H28N2O3/c1-15(24-14-18-8-5-11-23-18)19(22)20-17-9-10-21(13-17)12-16-6-3-2-4-7-16/h2-4,6-7,15,17-18H,5,8-14H2,1H3,(H,20,22). The van der Waals surface area contributed by atoms with Gasteiger partial charge in [-0.2, -0.15) is 0 Å². The minimum atomic E-state index is -0.419. The predicted molar refractivity (Wildman–Crippen MR) is 92.7 cm³/mol. The van der Waals surface area contributed by atoms with Crippen molar-refractivity contribution in [1.82, 2.24) is 10.2 Å². The van der Waals surface area contributed by atoms with Gasteiger partial charge >= 0.3 is 0 Å². The molecule has 1 aromatic carbocycles. The van der Waals surface area contributed by atoms with Gasteiger partial charge in [-0.15, -0.1) is 0 Å². The molecule has 1 amide bonds. The van der Waals surface area contributed by atoms with Crippen LogP contribution in [0.3, 0.4) is 0 Å². The monoisotopic (exact) mass is 332 g/mol. The number of nitrogens with one attached hydrogen (secondary N) is 1. The first-order valence-electron chi connectivity index (χ1n) is 9.00. The number of amides is 1. The van der Waals surface area contributed by atoms with Gasteiger partial charge in [0.2, 0.25) is 5.91 Å². The van der Waals surface area contributed by atoms with Crippen molar-refractivity contribution in [1.29, 1.82) is 0 Å². The lowest BCUT2D eigenvalue weighted by Gasteiger charge is -2.20. The third-order valence-corrected chi connectivity index (χ3v) is 4.79. The molecule has 0 spiro atoms. The van der Waals surface area contributed by atoms with Gasteiger partial charge < -0.3 is 14.8 Å². The SMILES string of the molecule is CC(OCC1CCCO1)C(=O)NC1CCN(Cc2ccccc2)C1. The zero-order chi connectivity index (χ0) is 16.8. The van der Waals surface area contributed by atoms with E-state index in [1.807, 2.05) is 13.0 Å². The third kappa shape index (κ3) is 5.03. The number of hydrogen-bond donors (Lipinski definition) is 1. The van der Waals surface area contributed by atoms with E-state index in [9.17, 15) is 4.79 Å². The molecule has 0 aromatic heterocycles. The first-order chi connectivity index (χ1) is 11.7. The highest BCUT2D eigenvalue weighted by atomic mass is 16.5. The van der Waals surface area contributed by atoms with E-state index in [4.69, 9.17) is 9.47 Å². The summed E-state index contributed by atoms with van der Waals surface area (Å²) in [7, 11) is 0. The molecule has 5 nitrogen and oxygen atoms in total. The molecule has 2 heterocycles. The van der Waals surface area contributed by atoms with E-state index in [1.165, 1.54) is 5.56 Å². The molecule has 5 heteroatoms. The van der Waals surface area contributed by atoms with Crippen LogP contribution < -0.4 is 5.32 Å². The molecule has 1 N–H and O–H groups in total. The predicted octanol–water partition coefficient (Wildman–Crippen LogP) is 1.96. The maximum Gasteiger partial charge on any atom is 0.249 e. The molecule has 2 aliphatic rings. The second kappa shape index (κ2) is 8.60. The molecule has 0 saturated carbocycles. The summed E-state index contributed by atoms with van der Waals surface area (Å²) in [4.78, 5) is 14.7. The molecule has 132 valence electrons. The zero-order valence-electron chi connectivity index (χ0n) is 14.4. The van der Waals surface area contributed by atoms with E-state index in [0.29, 0.717) is 6.61 Å². The van der Waals surface area contributed by atoms with Gasteiger partial charge in [0.25, 0.3) is 0 Å². The van der Waals surface area contributed by atoms with Crippen LogP contribution in [0, 0.1) is 0 Å². The molecule has 0 radical (unpaired) electrons. The number of benzene rings is 1. The van der Waals surface area contributed by atoms with E-state index >= 15 is 0 Å². The van der Waals surface area contributed by atoms with Crippen LogP contribution in [0.4, 0.5) is 0 Å². The first kappa shape index (κ1) is 17.4. The van der Waals surface area contributed by atoms with Crippen molar-refractivity contribution < 1.29 is 14.3 Å². The molecule has 2 saturated heterocycles. The number of rotatable bonds is 7. The number of likely N-dealkylation sites (tertiary alicyclic amines) is 1. The molecule has 3 atom stereocenters. The van der Waals surface area contributed by atoms with Crippen LogP contribution in [0.2, 0.25) is 0 Å². The molecule has 0 bridgehead atoms. The summed E-state index contributed by atoms with van der Waals surface area (Å²) in [5, 5.41) is 3.12. The van der Waals surface area contributed by atoms with Gasteiger partial charge in [-0.1, -0.05) is 30.3 Å². The zero-order valence-corrected chi connectivity index (χ0v) is 14.4. The van der Waals surface area contributed by atoms with Crippen LogP contribution in [-0.2, 0) is 20.8 Å². The summed E-state index contributed by atoms with van der Waals surface area (Å²) >= 11 is 0. The Morgan fingerprint density at radius 1 is 1.38 bits per heavy atom. The topological polar surface area (TPSA) is 50.8 Å². The Morgan fingerprint density at radius 2 is 2.21 bits per heavy atom. The summed E-state index contributed by atoms with van der Waals surface area (Å²) in [5.41, 5.74) is 1.32. The highest BCUT2D eigenvalue weighted by Gasteiger charge is 2.26. The lowest BCUT2D eigenvalue weighted by molar-refractivity contribution is -0.134.